The zero-order valence-corrected chi connectivity index (χ0v) is 13.8. The number of aliphatic carboxylic acids is 1. The van der Waals surface area contributed by atoms with Crippen molar-refractivity contribution in [3.63, 3.8) is 0 Å². The Hall–Kier alpha value is -2.57. The van der Waals surface area contributed by atoms with E-state index < -0.39 is 11.6 Å². The maximum absolute atomic E-state index is 11.0. The van der Waals surface area contributed by atoms with E-state index in [0.29, 0.717) is 5.96 Å². The number of guanidine groups is 2. The fourth-order valence-corrected chi connectivity index (χ4v) is 3.68. The summed E-state index contributed by atoms with van der Waals surface area (Å²) >= 11 is 0. The van der Waals surface area contributed by atoms with Crippen LogP contribution in [0.15, 0.2) is 28.2 Å². The van der Waals surface area contributed by atoms with Crippen molar-refractivity contribution in [3.05, 3.63) is 29.3 Å². The molecule has 1 aliphatic carbocycles. The molecule has 0 saturated heterocycles. The molecule has 0 unspecified atom stereocenters. The number of carboxylic acid groups (broad SMARTS) is 1. The monoisotopic (exact) mass is 329 g/mol. The van der Waals surface area contributed by atoms with E-state index >= 15 is 0 Å². The third kappa shape index (κ3) is 2.93. The van der Waals surface area contributed by atoms with Crippen molar-refractivity contribution >= 4 is 23.6 Å². The smallest absolute Gasteiger partial charge is 0.307 e. The molecule has 0 bridgehead atoms. The van der Waals surface area contributed by atoms with Crippen LogP contribution in [0.3, 0.4) is 0 Å². The van der Waals surface area contributed by atoms with E-state index in [1.54, 1.807) is 0 Å². The van der Waals surface area contributed by atoms with Crippen LogP contribution >= 0.6 is 0 Å². The van der Waals surface area contributed by atoms with Crippen LogP contribution in [-0.4, -0.2) is 28.7 Å². The Kier molecular flexibility index (Phi) is 4.17. The van der Waals surface area contributed by atoms with Gasteiger partial charge in [-0.15, -0.1) is 0 Å². The summed E-state index contributed by atoms with van der Waals surface area (Å²) < 4.78 is 0. The summed E-state index contributed by atoms with van der Waals surface area (Å²) in [6.07, 6.45) is 5.07. The largest absolute Gasteiger partial charge is 0.481 e. The fourth-order valence-electron chi connectivity index (χ4n) is 3.68. The van der Waals surface area contributed by atoms with Gasteiger partial charge < -0.3 is 16.6 Å². The summed E-state index contributed by atoms with van der Waals surface area (Å²) in [4.78, 5) is 21.7. The molecule has 3 rings (SSSR count). The summed E-state index contributed by atoms with van der Waals surface area (Å²) in [5.41, 5.74) is 14.2. The van der Waals surface area contributed by atoms with Crippen LogP contribution in [0.4, 0.5) is 5.69 Å². The second-order valence-corrected chi connectivity index (χ2v) is 6.50. The topological polar surface area (TPSA) is 117 Å². The average molecular weight is 329 g/mol. The Morgan fingerprint density at radius 1 is 1.29 bits per heavy atom. The lowest BCUT2D eigenvalue weighted by molar-refractivity contribution is -0.136. The Balaban J connectivity index is 2.01. The molecule has 1 heterocycles. The Labute approximate surface area is 141 Å². The van der Waals surface area contributed by atoms with Crippen LogP contribution in [0, 0.1) is 6.92 Å². The predicted molar refractivity (Wildman–Crippen MR) is 94.1 cm³/mol. The van der Waals surface area contributed by atoms with Crippen molar-refractivity contribution in [1.29, 1.82) is 0 Å². The van der Waals surface area contributed by atoms with Crippen LogP contribution in [0.2, 0.25) is 0 Å². The molecule has 1 fully saturated rings. The lowest BCUT2D eigenvalue weighted by Crippen LogP contribution is -2.58. The molecule has 0 amide bonds. The highest BCUT2D eigenvalue weighted by Gasteiger charge is 2.42. The fraction of sp³-hybridized carbons (Fsp3) is 0.471. The van der Waals surface area contributed by atoms with Crippen LogP contribution in [0.25, 0.3) is 0 Å². The van der Waals surface area contributed by atoms with Gasteiger partial charge in [0.15, 0.2) is 0 Å². The number of nitrogens with zero attached hydrogens (tertiary/aromatic N) is 3. The number of anilines is 1. The summed E-state index contributed by atoms with van der Waals surface area (Å²) in [5, 5.41) is 9.00. The summed E-state index contributed by atoms with van der Waals surface area (Å²) in [6.45, 7) is 1.91. The minimum atomic E-state index is -0.842. The molecule has 0 atom stereocenters. The van der Waals surface area contributed by atoms with Gasteiger partial charge in [0, 0.05) is 5.69 Å². The Morgan fingerprint density at radius 3 is 2.62 bits per heavy atom. The Morgan fingerprint density at radius 2 is 2.00 bits per heavy atom. The van der Waals surface area contributed by atoms with Gasteiger partial charge in [0.05, 0.1) is 6.42 Å². The van der Waals surface area contributed by atoms with Crippen LogP contribution in [-0.2, 0) is 11.2 Å². The summed E-state index contributed by atoms with van der Waals surface area (Å²) in [7, 11) is 0. The number of aryl methyl sites for hydroxylation is 1. The van der Waals surface area contributed by atoms with E-state index in [9.17, 15) is 4.79 Å². The van der Waals surface area contributed by atoms with Gasteiger partial charge in [-0.3, -0.25) is 9.69 Å². The van der Waals surface area contributed by atoms with Crippen LogP contribution in [0.5, 0.6) is 0 Å². The molecule has 2 aliphatic rings. The Bertz CT molecular complexity index is 720. The third-order valence-electron chi connectivity index (χ3n) is 4.78. The first-order valence-electron chi connectivity index (χ1n) is 8.22. The second kappa shape index (κ2) is 6.14. The highest BCUT2D eigenvalue weighted by molar-refractivity contribution is 6.05. The first-order valence-corrected chi connectivity index (χ1v) is 8.22. The minimum Gasteiger partial charge on any atom is -0.481 e. The van der Waals surface area contributed by atoms with Crippen molar-refractivity contribution in [3.8, 4) is 0 Å². The lowest BCUT2D eigenvalue weighted by Gasteiger charge is -2.45. The summed E-state index contributed by atoms with van der Waals surface area (Å²) in [5.74, 6) is -0.273. The van der Waals surface area contributed by atoms with E-state index in [-0.39, 0.29) is 12.4 Å². The number of carbonyl (C=O) groups is 1. The number of rotatable bonds is 3. The van der Waals surface area contributed by atoms with E-state index in [1.807, 2.05) is 30.0 Å². The molecule has 128 valence electrons. The van der Waals surface area contributed by atoms with Gasteiger partial charge in [0.25, 0.3) is 0 Å². The number of nitrogens with two attached hydrogens (primary N) is 2. The molecule has 1 spiro atoms. The number of carboxylic acids is 1. The third-order valence-corrected chi connectivity index (χ3v) is 4.78. The van der Waals surface area contributed by atoms with Crippen molar-refractivity contribution in [1.82, 2.24) is 0 Å². The van der Waals surface area contributed by atoms with E-state index in [0.717, 1.165) is 42.5 Å². The second-order valence-electron chi connectivity index (χ2n) is 6.50. The molecule has 0 aromatic heterocycles. The molecule has 7 nitrogen and oxygen atoms in total. The van der Waals surface area contributed by atoms with E-state index in [2.05, 4.69) is 9.98 Å². The number of hydrogen-bond acceptors (Lipinski definition) is 6. The van der Waals surface area contributed by atoms with Crippen molar-refractivity contribution in [2.75, 3.05) is 4.90 Å². The highest BCUT2D eigenvalue weighted by atomic mass is 16.4. The first kappa shape index (κ1) is 16.3. The van der Waals surface area contributed by atoms with Gasteiger partial charge in [-0.25, -0.2) is 4.99 Å². The molecule has 0 radical (unpaired) electrons. The zero-order valence-electron chi connectivity index (χ0n) is 13.8. The van der Waals surface area contributed by atoms with Gasteiger partial charge in [-0.1, -0.05) is 12.5 Å². The first-order chi connectivity index (χ1) is 11.4. The molecule has 1 aromatic carbocycles. The molecule has 1 aliphatic heterocycles. The summed E-state index contributed by atoms with van der Waals surface area (Å²) in [6, 6.07) is 5.68. The van der Waals surface area contributed by atoms with Gasteiger partial charge in [0.2, 0.25) is 11.9 Å². The molecule has 5 N–H and O–H groups in total. The predicted octanol–water partition coefficient (Wildman–Crippen LogP) is 1.73. The molecular formula is C17H23N5O2. The van der Waals surface area contributed by atoms with Crippen molar-refractivity contribution in [2.24, 2.45) is 21.5 Å². The maximum atomic E-state index is 11.0. The quantitative estimate of drug-likeness (QED) is 0.780. The van der Waals surface area contributed by atoms with Crippen molar-refractivity contribution < 1.29 is 9.90 Å². The average Bonchev–Trinajstić information content (AvgIpc) is 2.49. The SMILES string of the molecule is Cc1cc(N2C(N)=NC(N)=NC23CCCCC3)ccc1CC(=O)O. The normalized spacial score (nSPS) is 19.8. The maximum Gasteiger partial charge on any atom is 0.307 e. The molecule has 24 heavy (non-hydrogen) atoms. The van der Waals surface area contributed by atoms with E-state index in [4.69, 9.17) is 16.6 Å². The van der Waals surface area contributed by atoms with Gasteiger partial charge in [0.1, 0.15) is 5.66 Å². The molecular weight excluding hydrogens is 306 g/mol. The lowest BCUT2D eigenvalue weighted by atomic mass is 9.87. The number of aliphatic imine (C=N–C) groups is 2. The zero-order chi connectivity index (χ0) is 17.3. The molecule has 1 aromatic rings. The van der Waals surface area contributed by atoms with Crippen molar-refractivity contribution in [2.45, 2.75) is 51.1 Å². The molecule has 7 heteroatoms. The molecule has 1 saturated carbocycles. The highest BCUT2D eigenvalue weighted by Crippen LogP contribution is 2.39. The minimum absolute atomic E-state index is 0.00588. The number of hydrogen-bond donors (Lipinski definition) is 3. The van der Waals surface area contributed by atoms with Crippen LogP contribution < -0.4 is 16.4 Å². The van der Waals surface area contributed by atoms with Gasteiger partial charge in [-0.05, 0) is 55.9 Å². The standard InChI is InChI=1S/C17H23N5O2/c1-11-9-13(6-5-12(11)10-14(23)24)22-16(19)20-15(18)21-17(22)7-3-2-4-8-17/h5-6,9H,2-4,7-8,10H2,1H3,(H,23,24)(H4,18,19,20,21). The van der Waals surface area contributed by atoms with E-state index in [1.165, 1.54) is 6.42 Å². The van der Waals surface area contributed by atoms with Crippen LogP contribution in [0.1, 0.15) is 43.2 Å². The van der Waals surface area contributed by atoms with Gasteiger partial charge in [-0.2, -0.15) is 4.99 Å². The van der Waals surface area contributed by atoms with Gasteiger partial charge >= 0.3 is 5.97 Å². The number of benzene rings is 1.